The van der Waals surface area contributed by atoms with Gasteiger partial charge in [-0.3, -0.25) is 4.79 Å². The molecule has 0 spiro atoms. The largest absolute Gasteiger partial charge is 0.337 e. The molecule has 1 N–H and O–H groups in total. The van der Waals surface area contributed by atoms with E-state index in [0.717, 1.165) is 27.2 Å². The molecule has 0 fully saturated rings. The fraction of sp³-hybridized carbons (Fsp3) is 0.150. The van der Waals surface area contributed by atoms with Gasteiger partial charge in [0.1, 0.15) is 16.7 Å². The molecule has 4 rings (SSSR count). The van der Waals surface area contributed by atoms with E-state index < -0.39 is 0 Å². The van der Waals surface area contributed by atoms with Crippen molar-refractivity contribution in [1.29, 1.82) is 5.26 Å². The predicted molar refractivity (Wildman–Crippen MR) is 110 cm³/mol. The highest BCUT2D eigenvalue weighted by Crippen LogP contribution is 2.46. The minimum Gasteiger partial charge on any atom is -0.337 e. The highest BCUT2D eigenvalue weighted by Gasteiger charge is 2.27. The number of para-hydroxylation sites is 1. The molecular formula is C20H16N4OS2. The lowest BCUT2D eigenvalue weighted by molar-refractivity contribution is -0.112. The fourth-order valence-corrected chi connectivity index (χ4v) is 4.84. The molecule has 0 saturated carbocycles. The third kappa shape index (κ3) is 3.34. The van der Waals surface area contributed by atoms with Gasteiger partial charge in [-0.1, -0.05) is 41.7 Å². The number of thioether (sulfide) groups is 2. The molecule has 2 aromatic carbocycles. The summed E-state index contributed by atoms with van der Waals surface area (Å²) in [6.45, 7) is 2.02. The number of ketones is 1. The first-order valence-corrected chi connectivity index (χ1v) is 10.1. The van der Waals surface area contributed by atoms with Crippen LogP contribution in [-0.4, -0.2) is 28.6 Å². The average Bonchev–Trinajstić information content (AvgIpc) is 3.22. The van der Waals surface area contributed by atoms with Gasteiger partial charge in [-0.15, -0.1) is 0 Å². The number of hydrogen-bond donors (Lipinski definition) is 1. The number of benzene rings is 2. The number of H-pyrrole nitrogens is 1. The summed E-state index contributed by atoms with van der Waals surface area (Å²) in [6, 6.07) is 16.0. The second-order valence-corrected chi connectivity index (χ2v) is 8.19. The van der Waals surface area contributed by atoms with Crippen LogP contribution in [0, 0.1) is 18.3 Å². The number of allylic oxidation sites excluding steroid dienone is 1. The Morgan fingerprint density at radius 3 is 2.93 bits per heavy atom. The van der Waals surface area contributed by atoms with Crippen LogP contribution in [0.25, 0.3) is 11.0 Å². The Bertz CT molecular complexity index is 1130. The topological polar surface area (TPSA) is 72.8 Å². The molecule has 3 aromatic rings. The molecule has 1 aliphatic rings. The predicted octanol–water partition coefficient (Wildman–Crippen LogP) is 4.51. The number of fused-ring (bicyclic) bond motifs is 2. The number of Topliss-reactive ketones (excluding diaryl/α,β-unsaturated/α-hetero) is 1. The molecule has 1 aromatic heterocycles. The van der Waals surface area contributed by atoms with Gasteiger partial charge >= 0.3 is 0 Å². The molecule has 0 unspecified atom stereocenters. The van der Waals surface area contributed by atoms with Crippen LogP contribution >= 0.6 is 23.5 Å². The number of aromatic nitrogens is 2. The zero-order valence-electron chi connectivity index (χ0n) is 14.8. The van der Waals surface area contributed by atoms with Crippen molar-refractivity contribution >= 4 is 46.0 Å². The molecular weight excluding hydrogens is 376 g/mol. The second kappa shape index (κ2) is 7.14. The van der Waals surface area contributed by atoms with Gasteiger partial charge in [-0.2, -0.15) is 5.26 Å². The van der Waals surface area contributed by atoms with Crippen LogP contribution in [-0.2, 0) is 4.79 Å². The summed E-state index contributed by atoms with van der Waals surface area (Å²) in [5.41, 5.74) is 4.17. The highest BCUT2D eigenvalue weighted by atomic mass is 32.2. The van der Waals surface area contributed by atoms with Crippen LogP contribution in [0.3, 0.4) is 0 Å². The van der Waals surface area contributed by atoms with Crippen molar-refractivity contribution in [3.8, 4) is 6.07 Å². The first-order valence-electron chi connectivity index (χ1n) is 8.34. The third-order valence-electron chi connectivity index (χ3n) is 4.30. The van der Waals surface area contributed by atoms with E-state index in [2.05, 4.69) is 16.0 Å². The quantitative estimate of drug-likeness (QED) is 0.400. The van der Waals surface area contributed by atoms with Crippen LogP contribution in [0.2, 0.25) is 0 Å². The van der Waals surface area contributed by atoms with Crippen molar-refractivity contribution in [2.24, 2.45) is 0 Å². The Morgan fingerprint density at radius 2 is 2.15 bits per heavy atom. The number of anilines is 1. The van der Waals surface area contributed by atoms with E-state index in [4.69, 9.17) is 0 Å². The molecule has 1 aliphatic heterocycles. The smallest absolute Gasteiger partial charge is 0.186 e. The summed E-state index contributed by atoms with van der Waals surface area (Å²) < 4.78 is 0. The molecule has 5 nitrogen and oxygen atoms in total. The van der Waals surface area contributed by atoms with Crippen molar-refractivity contribution < 1.29 is 4.79 Å². The number of rotatable bonds is 4. The number of imidazole rings is 1. The van der Waals surface area contributed by atoms with Gasteiger partial charge in [0, 0.05) is 11.9 Å². The molecule has 0 atom stereocenters. The minimum absolute atomic E-state index is 0.163. The van der Waals surface area contributed by atoms with Gasteiger partial charge in [0.25, 0.3) is 0 Å². The average molecular weight is 393 g/mol. The van der Waals surface area contributed by atoms with E-state index in [9.17, 15) is 10.1 Å². The Hall–Kier alpha value is -2.69. The number of nitrogens with one attached hydrogen (secondary N) is 1. The van der Waals surface area contributed by atoms with Gasteiger partial charge in [0.15, 0.2) is 10.9 Å². The molecule has 0 radical (unpaired) electrons. The summed E-state index contributed by atoms with van der Waals surface area (Å²) in [5.74, 6) is -0.0306. The third-order valence-corrected chi connectivity index (χ3v) is 6.41. The van der Waals surface area contributed by atoms with E-state index in [1.165, 1.54) is 23.5 Å². The molecule has 0 saturated heterocycles. The number of carbonyl (C=O) groups excluding carboxylic acids is 1. The maximum atomic E-state index is 12.7. The molecule has 0 amide bonds. The number of aromatic amines is 1. The number of nitriles is 1. The Kier molecular flexibility index (Phi) is 4.68. The first kappa shape index (κ1) is 17.7. The zero-order valence-corrected chi connectivity index (χ0v) is 16.4. The first-order chi connectivity index (χ1) is 13.1. The van der Waals surface area contributed by atoms with Crippen molar-refractivity contribution in [2.75, 3.05) is 17.7 Å². The van der Waals surface area contributed by atoms with Crippen molar-refractivity contribution in [1.82, 2.24) is 9.97 Å². The highest BCUT2D eigenvalue weighted by molar-refractivity contribution is 8.03. The lowest BCUT2D eigenvalue weighted by Crippen LogP contribution is -2.16. The normalized spacial score (nSPS) is 14.9. The zero-order chi connectivity index (χ0) is 19.0. The Morgan fingerprint density at radius 1 is 1.33 bits per heavy atom. The summed E-state index contributed by atoms with van der Waals surface area (Å²) in [4.78, 5) is 23.4. The Labute approximate surface area is 165 Å². The van der Waals surface area contributed by atoms with Crippen LogP contribution < -0.4 is 4.90 Å². The van der Waals surface area contributed by atoms with Gasteiger partial charge in [0.05, 0.1) is 22.5 Å². The second-order valence-electron chi connectivity index (χ2n) is 6.20. The van der Waals surface area contributed by atoms with Gasteiger partial charge in [-0.25, -0.2) is 4.98 Å². The van der Waals surface area contributed by atoms with Crippen molar-refractivity contribution in [3.63, 3.8) is 0 Å². The number of aryl methyl sites for hydroxylation is 1. The van der Waals surface area contributed by atoms with Crippen molar-refractivity contribution in [2.45, 2.75) is 17.0 Å². The summed E-state index contributed by atoms with van der Waals surface area (Å²) >= 11 is 2.78. The van der Waals surface area contributed by atoms with E-state index in [0.29, 0.717) is 10.2 Å². The van der Waals surface area contributed by atoms with Gasteiger partial charge in [-0.05, 0) is 36.8 Å². The van der Waals surface area contributed by atoms with Crippen LogP contribution in [0.5, 0.6) is 0 Å². The fourth-order valence-electron chi connectivity index (χ4n) is 2.93. The maximum Gasteiger partial charge on any atom is 0.186 e. The minimum atomic E-state index is -0.193. The van der Waals surface area contributed by atoms with E-state index in [1.807, 2.05) is 61.3 Å². The van der Waals surface area contributed by atoms with Gasteiger partial charge in [0.2, 0.25) is 0 Å². The number of hydrogen-bond acceptors (Lipinski definition) is 6. The summed E-state index contributed by atoms with van der Waals surface area (Å²) in [6.07, 6.45) is 0. The monoisotopic (exact) mass is 392 g/mol. The SMILES string of the molecule is Cc1ccc2nc(SCC(=O)C(C#N)=C3Sc4ccccc4N3C)[nH]c2c1. The van der Waals surface area contributed by atoms with Crippen LogP contribution in [0.1, 0.15) is 5.56 Å². The summed E-state index contributed by atoms with van der Waals surface area (Å²) in [5, 5.41) is 11.0. The Balaban J connectivity index is 1.54. The van der Waals surface area contributed by atoms with E-state index >= 15 is 0 Å². The van der Waals surface area contributed by atoms with Gasteiger partial charge < -0.3 is 9.88 Å². The van der Waals surface area contributed by atoms with Crippen LogP contribution in [0.15, 0.2) is 63.1 Å². The van der Waals surface area contributed by atoms with E-state index in [1.54, 1.807) is 0 Å². The molecule has 134 valence electrons. The molecule has 2 heterocycles. The lowest BCUT2D eigenvalue weighted by Gasteiger charge is -2.14. The molecule has 27 heavy (non-hydrogen) atoms. The summed E-state index contributed by atoms with van der Waals surface area (Å²) in [7, 11) is 1.88. The van der Waals surface area contributed by atoms with Crippen LogP contribution in [0.4, 0.5) is 5.69 Å². The lowest BCUT2D eigenvalue weighted by atomic mass is 10.2. The number of nitrogens with zero attached hydrogens (tertiary/aromatic N) is 3. The van der Waals surface area contributed by atoms with Crippen molar-refractivity contribution in [3.05, 3.63) is 58.6 Å². The number of carbonyl (C=O) groups is 1. The molecule has 7 heteroatoms. The maximum absolute atomic E-state index is 12.7. The molecule has 0 aliphatic carbocycles. The van der Waals surface area contributed by atoms with E-state index in [-0.39, 0.29) is 17.1 Å². The standard InChI is InChI=1S/C20H16N4OS2/c1-12-7-8-14-15(9-12)23-20(22-14)26-11-17(25)13(10-21)19-24(2)16-5-3-4-6-18(16)27-19/h3-9H,11H2,1-2H3,(H,22,23). The molecule has 0 bridgehead atoms.